The number of thioether (sulfide) groups is 1. The molecule has 0 aliphatic rings. The predicted octanol–water partition coefficient (Wildman–Crippen LogP) is 2.29. The molecule has 0 spiro atoms. The first-order chi connectivity index (χ1) is 8.13. The zero-order valence-electron chi connectivity index (χ0n) is 10.3. The molecule has 4 heteroatoms. The minimum Gasteiger partial charge on any atom is -0.480 e. The average molecular weight is 253 g/mol. The number of aliphatic carboxylic acids is 1. The summed E-state index contributed by atoms with van der Waals surface area (Å²) in [7, 11) is 0. The zero-order valence-corrected chi connectivity index (χ0v) is 11.1. The van der Waals surface area contributed by atoms with Gasteiger partial charge in [-0.15, -0.1) is 0 Å². The number of rotatable bonds is 7. The zero-order chi connectivity index (χ0) is 12.7. The van der Waals surface area contributed by atoms with Crippen LogP contribution in [-0.2, 0) is 11.3 Å². The summed E-state index contributed by atoms with van der Waals surface area (Å²) in [5.41, 5.74) is 2.33. The highest BCUT2D eigenvalue weighted by Gasteiger charge is 2.15. The van der Waals surface area contributed by atoms with Gasteiger partial charge in [0, 0.05) is 6.54 Å². The van der Waals surface area contributed by atoms with E-state index < -0.39 is 12.0 Å². The maximum absolute atomic E-state index is 11.0. The van der Waals surface area contributed by atoms with Crippen LogP contribution in [0.3, 0.4) is 0 Å². The van der Waals surface area contributed by atoms with Crippen molar-refractivity contribution in [3.05, 3.63) is 35.4 Å². The summed E-state index contributed by atoms with van der Waals surface area (Å²) < 4.78 is 0. The Morgan fingerprint density at radius 1 is 1.41 bits per heavy atom. The molecule has 1 rings (SSSR count). The monoisotopic (exact) mass is 253 g/mol. The quantitative estimate of drug-likeness (QED) is 0.783. The highest BCUT2D eigenvalue weighted by atomic mass is 32.2. The number of nitrogens with one attached hydrogen (secondary N) is 1. The smallest absolute Gasteiger partial charge is 0.320 e. The van der Waals surface area contributed by atoms with Gasteiger partial charge in [-0.2, -0.15) is 11.8 Å². The minimum atomic E-state index is -0.772. The molecule has 0 bridgehead atoms. The van der Waals surface area contributed by atoms with E-state index in [1.165, 1.54) is 5.56 Å². The molecule has 0 saturated heterocycles. The van der Waals surface area contributed by atoms with Gasteiger partial charge in [-0.1, -0.05) is 29.8 Å². The molecule has 94 valence electrons. The maximum Gasteiger partial charge on any atom is 0.320 e. The van der Waals surface area contributed by atoms with Crippen molar-refractivity contribution in [1.29, 1.82) is 0 Å². The molecule has 0 fully saturated rings. The van der Waals surface area contributed by atoms with Gasteiger partial charge in [0.25, 0.3) is 0 Å². The standard InChI is InChI=1S/C13H19NO2S/c1-10-3-5-11(6-4-10)9-14-12(13(15)16)7-8-17-2/h3-6,12,14H,7-9H2,1-2H3,(H,15,16). The third-order valence-electron chi connectivity index (χ3n) is 2.58. The van der Waals surface area contributed by atoms with E-state index in [4.69, 9.17) is 5.11 Å². The van der Waals surface area contributed by atoms with Crippen molar-refractivity contribution in [3.8, 4) is 0 Å². The van der Waals surface area contributed by atoms with Gasteiger partial charge in [-0.05, 0) is 30.9 Å². The van der Waals surface area contributed by atoms with Crippen molar-refractivity contribution < 1.29 is 9.90 Å². The summed E-state index contributed by atoms with van der Waals surface area (Å²) in [6.45, 7) is 2.64. The van der Waals surface area contributed by atoms with E-state index in [-0.39, 0.29) is 0 Å². The highest BCUT2D eigenvalue weighted by molar-refractivity contribution is 7.98. The first-order valence-corrected chi connectivity index (χ1v) is 7.03. The van der Waals surface area contributed by atoms with Crippen LogP contribution < -0.4 is 5.32 Å². The summed E-state index contributed by atoms with van der Waals surface area (Å²) in [6.07, 6.45) is 2.64. The second-order valence-corrected chi connectivity index (χ2v) is 5.02. The van der Waals surface area contributed by atoms with Crippen molar-refractivity contribution >= 4 is 17.7 Å². The van der Waals surface area contributed by atoms with Crippen LogP contribution in [0.5, 0.6) is 0 Å². The molecule has 0 aromatic heterocycles. The summed E-state index contributed by atoms with van der Waals surface area (Å²) in [5, 5.41) is 12.1. The third kappa shape index (κ3) is 5.24. The number of hydrogen-bond donors (Lipinski definition) is 2. The van der Waals surface area contributed by atoms with E-state index in [2.05, 4.69) is 5.32 Å². The van der Waals surface area contributed by atoms with Crippen molar-refractivity contribution in [2.75, 3.05) is 12.0 Å². The van der Waals surface area contributed by atoms with Crippen molar-refractivity contribution in [2.45, 2.75) is 25.9 Å². The van der Waals surface area contributed by atoms with E-state index in [0.717, 1.165) is 11.3 Å². The molecule has 0 aliphatic heterocycles. The van der Waals surface area contributed by atoms with Crippen LogP contribution in [0.2, 0.25) is 0 Å². The summed E-state index contributed by atoms with van der Waals surface area (Å²) in [5.74, 6) is 0.0869. The van der Waals surface area contributed by atoms with Crippen molar-refractivity contribution in [2.24, 2.45) is 0 Å². The lowest BCUT2D eigenvalue weighted by molar-refractivity contribution is -0.139. The Labute approximate surface area is 107 Å². The highest BCUT2D eigenvalue weighted by Crippen LogP contribution is 2.05. The molecule has 2 N–H and O–H groups in total. The molecule has 0 aliphatic carbocycles. The Morgan fingerprint density at radius 3 is 2.59 bits per heavy atom. The second kappa shape index (κ2) is 7.35. The van der Waals surface area contributed by atoms with Gasteiger partial charge in [0.2, 0.25) is 0 Å². The Balaban J connectivity index is 2.45. The van der Waals surface area contributed by atoms with Crippen LogP contribution >= 0.6 is 11.8 Å². The molecule has 0 amide bonds. The van der Waals surface area contributed by atoms with Gasteiger partial charge in [-0.3, -0.25) is 4.79 Å². The Bertz CT molecular complexity index is 351. The third-order valence-corrected chi connectivity index (χ3v) is 3.23. The lowest BCUT2D eigenvalue weighted by atomic mass is 10.1. The second-order valence-electron chi connectivity index (χ2n) is 4.04. The largest absolute Gasteiger partial charge is 0.480 e. The topological polar surface area (TPSA) is 49.3 Å². The fourth-order valence-corrected chi connectivity index (χ4v) is 1.97. The molecular weight excluding hydrogens is 234 g/mol. The number of aryl methyl sites for hydroxylation is 1. The number of carboxylic acids is 1. The first kappa shape index (κ1) is 14.1. The van der Waals surface area contributed by atoms with Gasteiger partial charge in [0.1, 0.15) is 6.04 Å². The van der Waals surface area contributed by atoms with Gasteiger partial charge in [-0.25, -0.2) is 0 Å². The van der Waals surface area contributed by atoms with Crippen molar-refractivity contribution in [1.82, 2.24) is 5.32 Å². The minimum absolute atomic E-state index is 0.455. The van der Waals surface area contributed by atoms with Crippen LogP contribution in [0.25, 0.3) is 0 Å². The van der Waals surface area contributed by atoms with Crippen LogP contribution in [0.1, 0.15) is 17.5 Å². The normalized spacial score (nSPS) is 12.4. The SMILES string of the molecule is CSCCC(NCc1ccc(C)cc1)C(=O)O. The molecule has 0 saturated carbocycles. The van der Waals surface area contributed by atoms with Crippen LogP contribution in [0.15, 0.2) is 24.3 Å². The van der Waals surface area contributed by atoms with Gasteiger partial charge in [0.05, 0.1) is 0 Å². The number of carboxylic acid groups (broad SMARTS) is 1. The van der Waals surface area contributed by atoms with E-state index in [9.17, 15) is 4.79 Å². The van der Waals surface area contributed by atoms with Crippen LogP contribution in [0, 0.1) is 6.92 Å². The van der Waals surface area contributed by atoms with E-state index in [0.29, 0.717) is 13.0 Å². The van der Waals surface area contributed by atoms with Gasteiger partial charge >= 0.3 is 5.97 Å². The summed E-state index contributed by atoms with van der Waals surface area (Å²) in [6, 6.07) is 7.67. The predicted molar refractivity (Wildman–Crippen MR) is 72.4 cm³/mol. The molecule has 3 nitrogen and oxygen atoms in total. The molecule has 17 heavy (non-hydrogen) atoms. The molecule has 1 atom stereocenters. The van der Waals surface area contributed by atoms with Crippen molar-refractivity contribution in [3.63, 3.8) is 0 Å². The maximum atomic E-state index is 11.0. The van der Waals surface area contributed by atoms with E-state index in [1.807, 2.05) is 37.4 Å². The Morgan fingerprint density at radius 2 is 2.06 bits per heavy atom. The number of carbonyl (C=O) groups is 1. The number of benzene rings is 1. The van der Waals surface area contributed by atoms with E-state index >= 15 is 0 Å². The fourth-order valence-electron chi connectivity index (χ4n) is 1.50. The Kier molecular flexibility index (Phi) is 6.08. The molecular formula is C13H19NO2S. The fraction of sp³-hybridized carbons (Fsp3) is 0.462. The molecule has 1 aromatic rings. The lowest BCUT2D eigenvalue weighted by Crippen LogP contribution is -2.36. The van der Waals surface area contributed by atoms with Gasteiger partial charge < -0.3 is 10.4 Å². The van der Waals surface area contributed by atoms with Gasteiger partial charge in [0.15, 0.2) is 0 Å². The lowest BCUT2D eigenvalue weighted by Gasteiger charge is -2.13. The molecule has 0 radical (unpaired) electrons. The first-order valence-electron chi connectivity index (χ1n) is 5.64. The average Bonchev–Trinajstić information content (AvgIpc) is 2.31. The van der Waals surface area contributed by atoms with Crippen LogP contribution in [0.4, 0.5) is 0 Å². The van der Waals surface area contributed by atoms with E-state index in [1.54, 1.807) is 11.8 Å². The van der Waals surface area contributed by atoms with Crippen LogP contribution in [-0.4, -0.2) is 29.1 Å². The molecule has 1 unspecified atom stereocenters. The summed E-state index contributed by atoms with van der Waals surface area (Å²) in [4.78, 5) is 11.0. The Hall–Kier alpha value is -1.00. The molecule has 0 heterocycles. The summed E-state index contributed by atoms with van der Waals surface area (Å²) >= 11 is 1.67. The molecule has 1 aromatic carbocycles. The number of hydrogen-bond acceptors (Lipinski definition) is 3.